The second-order valence-corrected chi connectivity index (χ2v) is 5.70. The summed E-state index contributed by atoms with van der Waals surface area (Å²) in [5, 5.41) is 9.33. The molecule has 1 aliphatic rings. The van der Waals surface area contributed by atoms with Gasteiger partial charge in [-0.3, -0.25) is 9.89 Å². The minimum absolute atomic E-state index is 0.0329. The molecule has 0 bridgehead atoms. The van der Waals surface area contributed by atoms with Crippen LogP contribution in [0.5, 0.6) is 0 Å². The number of hydrogen-bond donors (Lipinski definition) is 2. The summed E-state index contributed by atoms with van der Waals surface area (Å²) < 4.78 is 0. The maximum absolute atomic E-state index is 12.1. The Labute approximate surface area is 109 Å². The lowest BCUT2D eigenvalue weighted by Crippen LogP contribution is -2.09. The van der Waals surface area contributed by atoms with Crippen molar-refractivity contribution < 1.29 is 4.79 Å². The van der Waals surface area contributed by atoms with Crippen LogP contribution in [0.25, 0.3) is 0 Å². The maximum Gasteiger partial charge on any atom is 0.265 e. The van der Waals surface area contributed by atoms with E-state index in [0.717, 1.165) is 17.7 Å². The highest BCUT2D eigenvalue weighted by atomic mass is 32.1. The molecule has 2 N–H and O–H groups in total. The van der Waals surface area contributed by atoms with Crippen molar-refractivity contribution in [2.24, 2.45) is 0 Å². The van der Waals surface area contributed by atoms with Gasteiger partial charge in [0.1, 0.15) is 0 Å². The van der Waals surface area contributed by atoms with Crippen molar-refractivity contribution in [2.75, 3.05) is 5.32 Å². The number of amides is 1. The quantitative estimate of drug-likeness (QED) is 0.816. The number of aromatic amines is 1. The van der Waals surface area contributed by atoms with Crippen molar-refractivity contribution in [1.29, 1.82) is 0 Å². The molecule has 1 aliphatic carbocycles. The number of thiophene rings is 1. The van der Waals surface area contributed by atoms with Gasteiger partial charge in [0, 0.05) is 11.1 Å². The molecule has 0 unspecified atom stereocenters. The molecule has 0 atom stereocenters. The van der Waals surface area contributed by atoms with E-state index in [-0.39, 0.29) is 5.91 Å². The highest BCUT2D eigenvalue weighted by Crippen LogP contribution is 2.29. The average Bonchev–Trinajstić information content (AvgIpc) is 2.95. The molecule has 0 saturated carbocycles. The summed E-state index contributed by atoms with van der Waals surface area (Å²) in [4.78, 5) is 14.3. The fraction of sp³-hybridized carbons (Fsp3) is 0.385. The molecule has 94 valence electrons. The minimum Gasteiger partial charge on any atom is -0.319 e. The van der Waals surface area contributed by atoms with Crippen LogP contribution in [0.1, 0.15) is 39.4 Å². The van der Waals surface area contributed by atoms with E-state index in [2.05, 4.69) is 21.6 Å². The lowest BCUT2D eigenvalue weighted by molar-refractivity contribution is 0.103. The first-order valence-electron chi connectivity index (χ1n) is 6.24. The van der Waals surface area contributed by atoms with E-state index in [0.29, 0.717) is 5.69 Å². The first kappa shape index (κ1) is 11.5. The van der Waals surface area contributed by atoms with Crippen LogP contribution in [0, 0.1) is 0 Å². The van der Waals surface area contributed by atoms with E-state index in [1.54, 1.807) is 23.7 Å². The van der Waals surface area contributed by atoms with E-state index in [4.69, 9.17) is 0 Å². The van der Waals surface area contributed by atoms with E-state index in [1.165, 1.54) is 29.7 Å². The van der Waals surface area contributed by atoms with E-state index < -0.39 is 0 Å². The van der Waals surface area contributed by atoms with Gasteiger partial charge in [0.15, 0.2) is 0 Å². The van der Waals surface area contributed by atoms with Gasteiger partial charge in [0.25, 0.3) is 5.91 Å². The molecule has 1 amide bonds. The van der Waals surface area contributed by atoms with Crippen LogP contribution in [0.3, 0.4) is 0 Å². The van der Waals surface area contributed by atoms with Crippen molar-refractivity contribution in [3.63, 3.8) is 0 Å². The first-order chi connectivity index (χ1) is 8.83. The molecular formula is C13H15N3OS. The van der Waals surface area contributed by atoms with Crippen LogP contribution in [0.4, 0.5) is 5.69 Å². The van der Waals surface area contributed by atoms with Crippen molar-refractivity contribution >= 4 is 22.9 Å². The molecule has 2 heterocycles. The predicted molar refractivity (Wildman–Crippen MR) is 72.1 cm³/mol. The van der Waals surface area contributed by atoms with Crippen molar-refractivity contribution in [1.82, 2.24) is 10.2 Å². The molecule has 0 radical (unpaired) electrons. The Morgan fingerprint density at radius 3 is 3.06 bits per heavy atom. The summed E-state index contributed by atoms with van der Waals surface area (Å²) in [7, 11) is 0. The van der Waals surface area contributed by atoms with Gasteiger partial charge in [-0.15, -0.1) is 11.3 Å². The maximum atomic E-state index is 12.1. The van der Waals surface area contributed by atoms with Crippen LogP contribution >= 0.6 is 11.3 Å². The first-order valence-corrected chi connectivity index (χ1v) is 7.06. The van der Waals surface area contributed by atoms with E-state index in [1.807, 2.05) is 0 Å². The zero-order valence-electron chi connectivity index (χ0n) is 10.0. The number of fused-ring (bicyclic) bond motifs is 1. The lowest BCUT2D eigenvalue weighted by Gasteiger charge is -1.98. The van der Waals surface area contributed by atoms with Gasteiger partial charge < -0.3 is 5.32 Å². The smallest absolute Gasteiger partial charge is 0.265 e. The Balaban J connectivity index is 1.78. The highest BCUT2D eigenvalue weighted by Gasteiger charge is 2.16. The number of aryl methyl sites for hydroxylation is 2. The highest BCUT2D eigenvalue weighted by molar-refractivity contribution is 7.14. The fourth-order valence-corrected chi connectivity index (χ4v) is 3.44. The van der Waals surface area contributed by atoms with Gasteiger partial charge in [-0.25, -0.2) is 0 Å². The third kappa shape index (κ3) is 2.31. The summed E-state index contributed by atoms with van der Waals surface area (Å²) in [5.74, 6) is -0.0329. The molecule has 0 fully saturated rings. The zero-order valence-corrected chi connectivity index (χ0v) is 10.8. The SMILES string of the molecule is O=C(Nc1cn[nH]c1)c1cc2c(s1)CCCCC2. The van der Waals surface area contributed by atoms with Gasteiger partial charge in [0.2, 0.25) is 0 Å². The van der Waals surface area contributed by atoms with Crippen LogP contribution in [0.2, 0.25) is 0 Å². The largest absolute Gasteiger partial charge is 0.319 e. The number of carbonyl (C=O) groups excluding carboxylic acids is 1. The number of aromatic nitrogens is 2. The molecule has 0 saturated heterocycles. The standard InChI is InChI=1S/C13H15N3OS/c17-13(16-10-7-14-15-8-10)12-6-9-4-2-1-3-5-11(9)18-12/h6-8H,1-5H2,(H,14,15)(H,16,17). The summed E-state index contributed by atoms with van der Waals surface area (Å²) in [5.41, 5.74) is 2.08. The van der Waals surface area contributed by atoms with Gasteiger partial charge in [-0.2, -0.15) is 5.10 Å². The second-order valence-electron chi connectivity index (χ2n) is 4.56. The van der Waals surface area contributed by atoms with Crippen molar-refractivity contribution in [3.05, 3.63) is 33.8 Å². The van der Waals surface area contributed by atoms with Gasteiger partial charge in [-0.05, 0) is 37.3 Å². The van der Waals surface area contributed by atoms with Gasteiger partial charge in [-0.1, -0.05) is 6.42 Å². The van der Waals surface area contributed by atoms with Crippen molar-refractivity contribution in [3.8, 4) is 0 Å². The van der Waals surface area contributed by atoms with Crippen LogP contribution in [-0.2, 0) is 12.8 Å². The average molecular weight is 261 g/mol. The van der Waals surface area contributed by atoms with Gasteiger partial charge >= 0.3 is 0 Å². The minimum atomic E-state index is -0.0329. The Morgan fingerprint density at radius 2 is 2.22 bits per heavy atom. The zero-order chi connectivity index (χ0) is 12.4. The molecule has 5 heteroatoms. The Hall–Kier alpha value is -1.62. The third-order valence-corrected chi connectivity index (χ3v) is 4.46. The monoisotopic (exact) mass is 261 g/mol. The Kier molecular flexibility index (Phi) is 3.15. The number of anilines is 1. The molecule has 3 rings (SSSR count). The summed E-state index contributed by atoms with van der Waals surface area (Å²) in [6, 6.07) is 2.06. The summed E-state index contributed by atoms with van der Waals surface area (Å²) >= 11 is 1.64. The van der Waals surface area contributed by atoms with Crippen LogP contribution in [-0.4, -0.2) is 16.1 Å². The molecule has 4 nitrogen and oxygen atoms in total. The van der Waals surface area contributed by atoms with E-state index >= 15 is 0 Å². The Bertz CT molecular complexity index is 521. The third-order valence-electron chi connectivity index (χ3n) is 3.23. The number of rotatable bonds is 2. The molecule has 0 spiro atoms. The van der Waals surface area contributed by atoms with Gasteiger partial charge in [0.05, 0.1) is 16.8 Å². The summed E-state index contributed by atoms with van der Waals surface area (Å²) in [6.45, 7) is 0. The number of nitrogens with one attached hydrogen (secondary N) is 2. The molecule has 2 aromatic heterocycles. The Morgan fingerprint density at radius 1 is 1.33 bits per heavy atom. The topological polar surface area (TPSA) is 57.8 Å². The molecular weight excluding hydrogens is 246 g/mol. The van der Waals surface area contributed by atoms with Crippen molar-refractivity contribution in [2.45, 2.75) is 32.1 Å². The number of H-pyrrole nitrogens is 1. The number of hydrogen-bond acceptors (Lipinski definition) is 3. The normalized spacial score (nSPS) is 14.9. The number of nitrogens with zero attached hydrogens (tertiary/aromatic N) is 1. The lowest BCUT2D eigenvalue weighted by atomic mass is 10.1. The molecule has 18 heavy (non-hydrogen) atoms. The molecule has 0 aromatic carbocycles. The van der Waals surface area contributed by atoms with Crippen LogP contribution < -0.4 is 5.32 Å². The van der Waals surface area contributed by atoms with Crippen LogP contribution in [0.15, 0.2) is 18.5 Å². The van der Waals surface area contributed by atoms with E-state index in [9.17, 15) is 4.79 Å². The number of carbonyl (C=O) groups is 1. The fourth-order valence-electron chi connectivity index (χ4n) is 2.29. The predicted octanol–water partition coefficient (Wildman–Crippen LogP) is 2.99. The second kappa shape index (κ2) is 4.94. The molecule has 2 aromatic rings. The molecule has 0 aliphatic heterocycles. The summed E-state index contributed by atoms with van der Waals surface area (Å²) in [6.07, 6.45) is 9.32.